The number of hydrogen-bond acceptors (Lipinski definition) is 4. The molecule has 1 heterocycles. The predicted molar refractivity (Wildman–Crippen MR) is 75.1 cm³/mol. The minimum Gasteiger partial charge on any atom is -0.368 e. The number of carbonyl (C=O) groups is 1. The summed E-state index contributed by atoms with van der Waals surface area (Å²) in [6, 6.07) is 7.36. The molecule has 1 aromatic heterocycles. The molecule has 0 saturated heterocycles. The third kappa shape index (κ3) is 3.28. The van der Waals surface area contributed by atoms with E-state index < -0.39 is 0 Å². The van der Waals surface area contributed by atoms with E-state index in [9.17, 15) is 4.79 Å². The van der Waals surface area contributed by atoms with Gasteiger partial charge in [-0.15, -0.1) is 0 Å². The van der Waals surface area contributed by atoms with E-state index in [1.807, 2.05) is 32.0 Å². The van der Waals surface area contributed by atoms with Gasteiger partial charge in [0.2, 0.25) is 5.95 Å². The molecule has 98 valence electrons. The van der Waals surface area contributed by atoms with Crippen LogP contribution in [0.4, 0.5) is 11.8 Å². The molecule has 5 nitrogen and oxygen atoms in total. The number of nitrogen functional groups attached to an aromatic ring is 1. The molecule has 0 aliphatic rings. The van der Waals surface area contributed by atoms with Gasteiger partial charge in [0.1, 0.15) is 5.82 Å². The van der Waals surface area contributed by atoms with Crippen LogP contribution >= 0.6 is 0 Å². The minimum atomic E-state index is -0.204. The van der Waals surface area contributed by atoms with Crippen LogP contribution in [0.3, 0.4) is 0 Å². The average Bonchev–Trinajstić information content (AvgIpc) is 2.25. The summed E-state index contributed by atoms with van der Waals surface area (Å²) in [4.78, 5) is 20.1. The number of anilines is 2. The molecule has 19 heavy (non-hydrogen) atoms. The molecular weight excluding hydrogens is 240 g/mol. The largest absolute Gasteiger partial charge is 0.368 e. The van der Waals surface area contributed by atoms with Crippen molar-refractivity contribution in [2.45, 2.75) is 20.8 Å². The number of rotatable bonds is 2. The molecule has 0 fully saturated rings. The van der Waals surface area contributed by atoms with Crippen LogP contribution in [-0.4, -0.2) is 15.9 Å². The fourth-order valence-corrected chi connectivity index (χ4v) is 1.95. The summed E-state index contributed by atoms with van der Waals surface area (Å²) < 4.78 is 0. The zero-order valence-electron chi connectivity index (χ0n) is 11.2. The van der Waals surface area contributed by atoms with Crippen LogP contribution in [0.15, 0.2) is 24.3 Å². The first-order valence-corrected chi connectivity index (χ1v) is 5.95. The lowest BCUT2D eigenvalue weighted by molar-refractivity contribution is 0.102. The second kappa shape index (κ2) is 5.06. The monoisotopic (exact) mass is 256 g/mol. The van der Waals surface area contributed by atoms with E-state index in [1.54, 1.807) is 13.0 Å². The number of nitrogens with zero attached hydrogens (tertiary/aromatic N) is 2. The van der Waals surface area contributed by atoms with E-state index in [4.69, 9.17) is 5.73 Å². The van der Waals surface area contributed by atoms with Gasteiger partial charge < -0.3 is 11.1 Å². The summed E-state index contributed by atoms with van der Waals surface area (Å²) >= 11 is 0. The first-order chi connectivity index (χ1) is 8.94. The highest BCUT2D eigenvalue weighted by atomic mass is 16.1. The second-order valence-electron chi connectivity index (χ2n) is 4.58. The molecule has 0 saturated carbocycles. The molecule has 0 spiro atoms. The summed E-state index contributed by atoms with van der Waals surface area (Å²) in [5.41, 5.74) is 8.95. The molecule has 2 aromatic rings. The smallest absolute Gasteiger partial charge is 0.256 e. The topological polar surface area (TPSA) is 80.9 Å². The normalized spacial score (nSPS) is 10.3. The zero-order valence-corrected chi connectivity index (χ0v) is 11.2. The number of hydrogen-bond donors (Lipinski definition) is 2. The van der Waals surface area contributed by atoms with Gasteiger partial charge in [0.15, 0.2) is 0 Å². The molecule has 0 bridgehead atoms. The Morgan fingerprint density at radius 2 is 1.68 bits per heavy atom. The SMILES string of the molecule is Cc1cc(C)cc(C(=O)Nc2cc(C)nc(N)n2)c1. The molecule has 0 aliphatic carbocycles. The lowest BCUT2D eigenvalue weighted by Gasteiger charge is -2.07. The maximum Gasteiger partial charge on any atom is 0.256 e. The number of carbonyl (C=O) groups excluding carboxylic acids is 1. The summed E-state index contributed by atoms with van der Waals surface area (Å²) in [5.74, 6) is 0.356. The van der Waals surface area contributed by atoms with Crippen molar-refractivity contribution in [3.63, 3.8) is 0 Å². The van der Waals surface area contributed by atoms with Gasteiger partial charge in [-0.05, 0) is 32.9 Å². The third-order valence-electron chi connectivity index (χ3n) is 2.60. The van der Waals surface area contributed by atoms with Crippen molar-refractivity contribution >= 4 is 17.7 Å². The van der Waals surface area contributed by atoms with Crippen molar-refractivity contribution in [2.24, 2.45) is 0 Å². The quantitative estimate of drug-likeness (QED) is 0.863. The summed E-state index contributed by atoms with van der Waals surface area (Å²) in [6.07, 6.45) is 0. The van der Waals surface area contributed by atoms with E-state index in [0.717, 1.165) is 11.1 Å². The number of nitrogens with one attached hydrogen (secondary N) is 1. The fraction of sp³-hybridized carbons (Fsp3) is 0.214. The molecule has 0 radical (unpaired) electrons. The van der Waals surface area contributed by atoms with Crippen molar-refractivity contribution in [3.8, 4) is 0 Å². The molecule has 0 unspecified atom stereocenters. The zero-order chi connectivity index (χ0) is 14.0. The Bertz CT molecular complexity index is 597. The van der Waals surface area contributed by atoms with Crippen LogP contribution in [0.1, 0.15) is 27.2 Å². The van der Waals surface area contributed by atoms with Crippen LogP contribution < -0.4 is 11.1 Å². The van der Waals surface area contributed by atoms with Crippen molar-refractivity contribution in [1.82, 2.24) is 9.97 Å². The maximum atomic E-state index is 12.1. The van der Waals surface area contributed by atoms with Crippen molar-refractivity contribution < 1.29 is 4.79 Å². The van der Waals surface area contributed by atoms with Crippen molar-refractivity contribution in [3.05, 3.63) is 46.6 Å². The lowest BCUT2D eigenvalue weighted by Crippen LogP contribution is -2.14. The molecule has 0 aliphatic heterocycles. The number of benzene rings is 1. The first kappa shape index (κ1) is 13.0. The maximum absolute atomic E-state index is 12.1. The molecule has 0 atom stereocenters. The predicted octanol–water partition coefficient (Wildman–Crippen LogP) is 2.24. The molecule has 5 heteroatoms. The van der Waals surface area contributed by atoms with Gasteiger partial charge in [-0.3, -0.25) is 4.79 Å². The molecule has 1 amide bonds. The molecule has 1 aromatic carbocycles. The number of amides is 1. The van der Waals surface area contributed by atoms with Gasteiger partial charge in [-0.2, -0.15) is 4.98 Å². The van der Waals surface area contributed by atoms with Gasteiger partial charge in [-0.25, -0.2) is 4.98 Å². The number of nitrogens with two attached hydrogens (primary N) is 1. The van der Waals surface area contributed by atoms with Gasteiger partial charge in [-0.1, -0.05) is 17.2 Å². The Kier molecular flexibility index (Phi) is 3.46. The summed E-state index contributed by atoms with van der Waals surface area (Å²) in [6.45, 7) is 5.71. The number of aryl methyl sites for hydroxylation is 3. The Morgan fingerprint density at radius 1 is 1.05 bits per heavy atom. The average molecular weight is 256 g/mol. The molecular formula is C14H16N4O. The van der Waals surface area contributed by atoms with Crippen LogP contribution in [0.25, 0.3) is 0 Å². The Labute approximate surface area is 111 Å². The third-order valence-corrected chi connectivity index (χ3v) is 2.60. The highest BCUT2D eigenvalue weighted by Crippen LogP contribution is 2.12. The number of aromatic nitrogens is 2. The fourth-order valence-electron chi connectivity index (χ4n) is 1.95. The van der Waals surface area contributed by atoms with Crippen LogP contribution in [0.5, 0.6) is 0 Å². The van der Waals surface area contributed by atoms with E-state index >= 15 is 0 Å². The summed E-state index contributed by atoms with van der Waals surface area (Å²) in [7, 11) is 0. The van der Waals surface area contributed by atoms with E-state index in [1.165, 1.54) is 0 Å². The van der Waals surface area contributed by atoms with Crippen molar-refractivity contribution in [2.75, 3.05) is 11.1 Å². The molecule has 3 N–H and O–H groups in total. The first-order valence-electron chi connectivity index (χ1n) is 5.95. The van der Waals surface area contributed by atoms with Crippen LogP contribution in [-0.2, 0) is 0 Å². The highest BCUT2D eigenvalue weighted by molar-refractivity contribution is 6.04. The van der Waals surface area contributed by atoms with Gasteiger partial charge in [0.05, 0.1) is 0 Å². The van der Waals surface area contributed by atoms with Crippen LogP contribution in [0, 0.1) is 20.8 Å². The van der Waals surface area contributed by atoms with Crippen molar-refractivity contribution in [1.29, 1.82) is 0 Å². The highest BCUT2D eigenvalue weighted by Gasteiger charge is 2.09. The van der Waals surface area contributed by atoms with Crippen LogP contribution in [0.2, 0.25) is 0 Å². The van der Waals surface area contributed by atoms with E-state index in [0.29, 0.717) is 17.1 Å². The Hall–Kier alpha value is -2.43. The van der Waals surface area contributed by atoms with E-state index in [2.05, 4.69) is 15.3 Å². The van der Waals surface area contributed by atoms with Gasteiger partial charge in [0, 0.05) is 17.3 Å². The second-order valence-corrected chi connectivity index (χ2v) is 4.58. The Morgan fingerprint density at radius 3 is 2.26 bits per heavy atom. The Balaban J connectivity index is 2.25. The van der Waals surface area contributed by atoms with Gasteiger partial charge >= 0.3 is 0 Å². The molecule has 2 rings (SSSR count). The minimum absolute atomic E-state index is 0.149. The lowest BCUT2D eigenvalue weighted by atomic mass is 10.1. The summed E-state index contributed by atoms with van der Waals surface area (Å²) in [5, 5.41) is 2.72. The standard InChI is InChI=1S/C14H16N4O/c1-8-4-9(2)6-11(5-8)13(19)17-12-7-10(3)16-14(15)18-12/h4-7H,1-3H3,(H3,15,16,17,18,19). The van der Waals surface area contributed by atoms with Gasteiger partial charge in [0.25, 0.3) is 5.91 Å². The van der Waals surface area contributed by atoms with E-state index in [-0.39, 0.29) is 11.9 Å².